The van der Waals surface area contributed by atoms with Gasteiger partial charge in [-0.2, -0.15) is 0 Å². The van der Waals surface area contributed by atoms with Crippen molar-refractivity contribution in [3.05, 3.63) is 30.1 Å². The minimum Gasteiger partial charge on any atom is -0.376 e. The van der Waals surface area contributed by atoms with E-state index in [4.69, 9.17) is 10.5 Å². The van der Waals surface area contributed by atoms with Crippen molar-refractivity contribution in [3.8, 4) is 11.4 Å². The number of thioether (sulfide) groups is 1. The normalized spacial score (nSPS) is 21.4. The van der Waals surface area contributed by atoms with Crippen LogP contribution in [0.2, 0.25) is 0 Å². The van der Waals surface area contributed by atoms with Gasteiger partial charge in [-0.05, 0) is 49.9 Å². The monoisotopic (exact) mass is 447 g/mol. The molecule has 0 bridgehead atoms. The van der Waals surface area contributed by atoms with Crippen LogP contribution >= 0.6 is 11.8 Å². The number of hydrogen-bond donors (Lipinski definition) is 1. The van der Waals surface area contributed by atoms with Gasteiger partial charge >= 0.3 is 0 Å². The molecule has 2 N–H and O–H groups in total. The van der Waals surface area contributed by atoms with Crippen molar-refractivity contribution in [2.24, 2.45) is 11.7 Å². The predicted molar refractivity (Wildman–Crippen MR) is 114 cm³/mol. The topological polar surface area (TPSA) is 103 Å². The number of aromatic nitrogens is 3. The van der Waals surface area contributed by atoms with E-state index >= 15 is 0 Å². The molecule has 2 fully saturated rings. The number of ether oxygens (including phenoxy) is 1. The van der Waals surface area contributed by atoms with E-state index in [1.165, 1.54) is 23.9 Å². The molecular formula is C21H26FN5O3S. The summed E-state index contributed by atoms with van der Waals surface area (Å²) in [6.45, 7) is 2.31. The molecule has 3 heterocycles. The molecule has 10 heteroatoms. The van der Waals surface area contributed by atoms with Gasteiger partial charge < -0.3 is 15.4 Å². The number of rotatable bonds is 7. The highest BCUT2D eigenvalue weighted by Gasteiger charge is 2.28. The Balaban J connectivity index is 1.48. The van der Waals surface area contributed by atoms with Gasteiger partial charge in [0.2, 0.25) is 11.8 Å². The molecule has 4 rings (SSSR count). The summed E-state index contributed by atoms with van der Waals surface area (Å²) in [5, 5.41) is 9.23. The average molecular weight is 448 g/mol. The molecule has 8 nitrogen and oxygen atoms in total. The first-order valence-electron chi connectivity index (χ1n) is 10.5. The summed E-state index contributed by atoms with van der Waals surface area (Å²) in [6.07, 6.45) is 3.52. The van der Waals surface area contributed by atoms with Gasteiger partial charge in [0.1, 0.15) is 5.82 Å². The lowest BCUT2D eigenvalue weighted by atomic mass is 9.97. The summed E-state index contributed by atoms with van der Waals surface area (Å²) in [6, 6.07) is 6.12. The molecule has 0 saturated carbocycles. The number of benzene rings is 1. The molecule has 0 unspecified atom stereocenters. The summed E-state index contributed by atoms with van der Waals surface area (Å²) in [4.78, 5) is 25.9. The Morgan fingerprint density at radius 1 is 1.19 bits per heavy atom. The van der Waals surface area contributed by atoms with Crippen LogP contribution in [0.25, 0.3) is 11.4 Å². The fourth-order valence-electron chi connectivity index (χ4n) is 4.02. The number of hydrogen-bond acceptors (Lipinski definition) is 6. The first-order chi connectivity index (χ1) is 15.0. The zero-order valence-corrected chi connectivity index (χ0v) is 18.0. The maximum atomic E-state index is 13.4. The van der Waals surface area contributed by atoms with Crippen LogP contribution in [0.1, 0.15) is 25.7 Å². The average Bonchev–Trinajstić information content (AvgIpc) is 3.43. The van der Waals surface area contributed by atoms with Crippen LogP contribution in [0.15, 0.2) is 29.4 Å². The third-order valence-electron chi connectivity index (χ3n) is 5.73. The highest BCUT2D eigenvalue weighted by Crippen LogP contribution is 2.27. The first-order valence-corrected chi connectivity index (χ1v) is 11.5. The van der Waals surface area contributed by atoms with E-state index in [-0.39, 0.29) is 35.4 Å². The van der Waals surface area contributed by atoms with Crippen molar-refractivity contribution < 1.29 is 18.7 Å². The van der Waals surface area contributed by atoms with Crippen LogP contribution in [-0.2, 0) is 20.9 Å². The van der Waals surface area contributed by atoms with Gasteiger partial charge in [0.05, 0.1) is 24.3 Å². The number of carbonyl (C=O) groups excluding carboxylic acids is 2. The second-order valence-electron chi connectivity index (χ2n) is 7.93. The van der Waals surface area contributed by atoms with Gasteiger partial charge in [-0.15, -0.1) is 10.2 Å². The standard InChI is InChI=1S/C21H26FN5O3S/c22-16-7-5-14(6-8-16)20-24-25-21(27(20)12-17-4-2-10-30-17)31-13-18(28)26-9-1-3-15(11-26)19(23)29/h5-8,15,17H,1-4,9-13H2,(H2,23,29)/t15-,17+/m0/s1. The Hall–Kier alpha value is -2.46. The Morgan fingerprint density at radius 2 is 2.00 bits per heavy atom. The Kier molecular flexibility index (Phi) is 6.86. The third kappa shape index (κ3) is 5.24. The number of primary amides is 1. The van der Waals surface area contributed by atoms with Crippen molar-refractivity contribution in [3.63, 3.8) is 0 Å². The van der Waals surface area contributed by atoms with Crippen LogP contribution in [-0.4, -0.2) is 63.0 Å². The van der Waals surface area contributed by atoms with Crippen LogP contribution in [0.4, 0.5) is 4.39 Å². The van der Waals surface area contributed by atoms with E-state index in [0.29, 0.717) is 30.6 Å². The quantitative estimate of drug-likeness (QED) is 0.652. The second kappa shape index (κ2) is 9.78. The molecule has 166 valence electrons. The zero-order valence-electron chi connectivity index (χ0n) is 17.2. The molecule has 2 aromatic rings. The van der Waals surface area contributed by atoms with E-state index in [2.05, 4.69) is 10.2 Å². The smallest absolute Gasteiger partial charge is 0.233 e. The molecule has 2 aliphatic heterocycles. The lowest BCUT2D eigenvalue weighted by Gasteiger charge is -2.31. The SMILES string of the molecule is NC(=O)[C@H]1CCCN(C(=O)CSc2nnc(-c3ccc(F)cc3)n2C[C@H]2CCCO2)C1. The number of carbonyl (C=O) groups is 2. The molecule has 31 heavy (non-hydrogen) atoms. The van der Waals surface area contributed by atoms with Gasteiger partial charge in [0, 0.05) is 25.3 Å². The van der Waals surface area contributed by atoms with Crippen molar-refractivity contribution in [1.29, 1.82) is 0 Å². The number of nitrogens with zero attached hydrogens (tertiary/aromatic N) is 4. The Bertz CT molecular complexity index is 930. The highest BCUT2D eigenvalue weighted by molar-refractivity contribution is 7.99. The van der Waals surface area contributed by atoms with Crippen molar-refractivity contribution >= 4 is 23.6 Å². The summed E-state index contributed by atoms with van der Waals surface area (Å²) >= 11 is 1.31. The third-order valence-corrected chi connectivity index (χ3v) is 6.68. The van der Waals surface area contributed by atoms with E-state index < -0.39 is 0 Å². The van der Waals surface area contributed by atoms with E-state index in [9.17, 15) is 14.0 Å². The number of halogens is 1. The molecule has 2 amide bonds. The summed E-state index contributed by atoms with van der Waals surface area (Å²) in [5.74, 6) is -0.187. The molecule has 1 aromatic carbocycles. The summed E-state index contributed by atoms with van der Waals surface area (Å²) < 4.78 is 21.1. The van der Waals surface area contributed by atoms with Gasteiger partial charge in [0.15, 0.2) is 11.0 Å². The molecule has 0 spiro atoms. The largest absolute Gasteiger partial charge is 0.376 e. The number of nitrogens with two attached hydrogens (primary N) is 1. The number of piperidine rings is 1. The maximum absolute atomic E-state index is 13.4. The molecule has 2 saturated heterocycles. The fraction of sp³-hybridized carbons (Fsp3) is 0.524. The van der Waals surface area contributed by atoms with Crippen LogP contribution in [0.3, 0.4) is 0 Å². The van der Waals surface area contributed by atoms with E-state index in [0.717, 1.165) is 37.9 Å². The van der Waals surface area contributed by atoms with Crippen LogP contribution in [0, 0.1) is 11.7 Å². The molecule has 1 aromatic heterocycles. The Morgan fingerprint density at radius 3 is 2.71 bits per heavy atom. The number of likely N-dealkylation sites (tertiary alicyclic amines) is 1. The Labute approximate surface area is 184 Å². The lowest BCUT2D eigenvalue weighted by molar-refractivity contribution is -0.132. The summed E-state index contributed by atoms with van der Waals surface area (Å²) in [7, 11) is 0. The maximum Gasteiger partial charge on any atom is 0.233 e. The van der Waals surface area contributed by atoms with Crippen molar-refractivity contribution in [2.45, 2.75) is 43.5 Å². The lowest BCUT2D eigenvalue weighted by Crippen LogP contribution is -2.44. The first kappa shape index (κ1) is 21.8. The molecule has 2 atom stereocenters. The van der Waals surface area contributed by atoms with Gasteiger partial charge in [-0.25, -0.2) is 4.39 Å². The van der Waals surface area contributed by atoms with Gasteiger partial charge in [0.25, 0.3) is 0 Å². The zero-order chi connectivity index (χ0) is 21.8. The minimum atomic E-state index is -0.356. The minimum absolute atomic E-state index is 0.0500. The van der Waals surface area contributed by atoms with Crippen LogP contribution in [0.5, 0.6) is 0 Å². The van der Waals surface area contributed by atoms with Crippen molar-refractivity contribution in [2.75, 3.05) is 25.4 Å². The predicted octanol–water partition coefficient (Wildman–Crippen LogP) is 2.08. The molecule has 0 radical (unpaired) electrons. The second-order valence-corrected chi connectivity index (χ2v) is 8.87. The van der Waals surface area contributed by atoms with E-state index in [1.807, 2.05) is 4.57 Å². The number of amides is 2. The van der Waals surface area contributed by atoms with Gasteiger partial charge in [-0.3, -0.25) is 14.2 Å². The highest BCUT2D eigenvalue weighted by atomic mass is 32.2. The van der Waals surface area contributed by atoms with Gasteiger partial charge in [-0.1, -0.05) is 11.8 Å². The van der Waals surface area contributed by atoms with Crippen molar-refractivity contribution in [1.82, 2.24) is 19.7 Å². The summed E-state index contributed by atoms with van der Waals surface area (Å²) in [5.41, 5.74) is 6.18. The molecular weight excluding hydrogens is 421 g/mol. The molecule has 2 aliphatic rings. The fourth-order valence-corrected chi connectivity index (χ4v) is 4.87. The van der Waals surface area contributed by atoms with E-state index in [1.54, 1.807) is 17.0 Å². The molecule has 0 aliphatic carbocycles. The van der Waals surface area contributed by atoms with Crippen LogP contribution < -0.4 is 5.73 Å².